The average molecular weight is 690 g/mol. The Balaban J connectivity index is 1.19. The number of hydroxylamine groups is 2. The first-order chi connectivity index (χ1) is 22.8. The molecule has 0 amide bonds. The van der Waals surface area contributed by atoms with Gasteiger partial charge in [0.2, 0.25) is 0 Å². The minimum atomic E-state index is -1.47. The lowest BCUT2D eigenvalue weighted by Gasteiger charge is -2.72. The lowest BCUT2D eigenvalue weighted by atomic mass is 9.32. The van der Waals surface area contributed by atoms with Crippen LogP contribution in [0.1, 0.15) is 113 Å². The summed E-state index contributed by atoms with van der Waals surface area (Å²) in [6.07, 6.45) is 3.06. The summed E-state index contributed by atoms with van der Waals surface area (Å²) in [7, 11) is 1.37. The highest BCUT2D eigenvalue weighted by atomic mass is 16.7. The van der Waals surface area contributed by atoms with E-state index in [1.165, 1.54) is 12.2 Å². The highest BCUT2D eigenvalue weighted by molar-refractivity contribution is 5.76. The van der Waals surface area contributed by atoms with Crippen LogP contribution in [0.3, 0.4) is 0 Å². The molecule has 6 aliphatic rings. The topological polar surface area (TPSA) is 146 Å². The molecule has 0 aromatic heterocycles. The van der Waals surface area contributed by atoms with Gasteiger partial charge in [0.25, 0.3) is 0 Å². The minimum absolute atomic E-state index is 0.0511. The third-order valence-electron chi connectivity index (χ3n) is 16.3. The van der Waals surface area contributed by atoms with E-state index in [1.807, 2.05) is 0 Å². The quantitative estimate of drug-likeness (QED) is 0.157. The standard InChI is InChI=1S/C39H63NO9/c1-21(2)23-12-17-39(34(45)46)19-18-37(7)24(29(23)39)10-11-26-36(6)15-14-27(35(4,5)25(36)13-16-38(26,37)8)49-28(41)20-40(47-9)33-32(44)31(43)30(42)22(3)48-33/h22-27,29-33,42-44H,1,10-20H2,2-9H3,(H,45,46)/t22-,23+,24-,25+,26-,27+,29-,30+,31+,32-,33-,36+,37-,38-,39+/m1/s1. The van der Waals surface area contributed by atoms with E-state index in [0.717, 1.165) is 69.8 Å². The van der Waals surface area contributed by atoms with E-state index in [9.17, 15) is 30.0 Å². The van der Waals surface area contributed by atoms with Gasteiger partial charge >= 0.3 is 11.9 Å². The number of carbonyl (C=O) groups is 2. The molecule has 1 heterocycles. The predicted molar refractivity (Wildman–Crippen MR) is 183 cm³/mol. The van der Waals surface area contributed by atoms with Crippen LogP contribution in [0, 0.1) is 56.7 Å². The van der Waals surface area contributed by atoms with Gasteiger partial charge in [0, 0.05) is 5.41 Å². The van der Waals surface area contributed by atoms with Crippen molar-refractivity contribution < 1.29 is 44.3 Å². The summed E-state index contributed by atoms with van der Waals surface area (Å²) in [5.74, 6) is 0.558. The number of ether oxygens (including phenoxy) is 2. The molecule has 10 nitrogen and oxygen atoms in total. The zero-order chi connectivity index (χ0) is 36.1. The molecule has 0 aromatic carbocycles. The second kappa shape index (κ2) is 12.5. The number of aliphatic hydroxyl groups is 3. The number of carboxylic acid groups (broad SMARTS) is 1. The van der Waals surface area contributed by atoms with Crippen LogP contribution in [0.25, 0.3) is 0 Å². The molecule has 6 rings (SSSR count). The first-order valence-corrected chi connectivity index (χ1v) is 18.9. The maximum absolute atomic E-state index is 13.5. The Kier molecular flexibility index (Phi) is 9.52. The van der Waals surface area contributed by atoms with E-state index in [0.29, 0.717) is 17.8 Å². The van der Waals surface area contributed by atoms with Gasteiger partial charge in [-0.25, -0.2) is 0 Å². The van der Waals surface area contributed by atoms with Crippen LogP contribution in [-0.4, -0.2) is 87.8 Å². The number of aliphatic carboxylic acids is 1. The van der Waals surface area contributed by atoms with E-state index in [-0.39, 0.29) is 46.1 Å². The fraction of sp³-hybridized carbons (Fsp3) is 0.897. The molecule has 0 aromatic rings. The molecule has 10 heteroatoms. The Morgan fingerprint density at radius 1 is 0.857 bits per heavy atom. The number of carbonyl (C=O) groups excluding carboxylic acids is 1. The molecule has 0 spiro atoms. The Bertz CT molecular complexity index is 1320. The van der Waals surface area contributed by atoms with Crippen LogP contribution in [0.5, 0.6) is 0 Å². The maximum Gasteiger partial charge on any atom is 0.323 e. The third-order valence-corrected chi connectivity index (χ3v) is 16.3. The molecule has 1 aliphatic heterocycles. The minimum Gasteiger partial charge on any atom is -0.481 e. The molecular weight excluding hydrogens is 626 g/mol. The molecule has 6 fully saturated rings. The molecule has 15 atom stereocenters. The Morgan fingerprint density at radius 2 is 1.55 bits per heavy atom. The fourth-order valence-corrected chi connectivity index (χ4v) is 13.5. The van der Waals surface area contributed by atoms with Crippen molar-refractivity contribution in [1.29, 1.82) is 0 Å². The Labute approximate surface area is 292 Å². The SMILES string of the molecule is C=C(C)[C@@H]1CC[C@]2(C(=O)O)CC[C@]3(C)[C@H](CC[C@@H]4[C@@]5(C)CC[C@H](OC(=O)CN(OC)[C@@H]6O[C@H](C)[C@H](O)[C@H](O)[C@H]6O)C(C)(C)[C@@H]5CC[C@]43C)[C@@H]12. The first kappa shape index (κ1) is 37.2. The van der Waals surface area contributed by atoms with Gasteiger partial charge < -0.3 is 29.9 Å². The molecule has 4 N–H and O–H groups in total. The molecule has 0 unspecified atom stereocenters. The predicted octanol–water partition coefficient (Wildman–Crippen LogP) is 5.33. The van der Waals surface area contributed by atoms with Gasteiger partial charge in [0.05, 0.1) is 18.6 Å². The summed E-state index contributed by atoms with van der Waals surface area (Å²) in [5.41, 5.74) is 0.441. The van der Waals surface area contributed by atoms with Crippen LogP contribution in [0.4, 0.5) is 0 Å². The van der Waals surface area contributed by atoms with E-state index in [1.54, 1.807) is 6.92 Å². The fourth-order valence-electron chi connectivity index (χ4n) is 13.5. The third kappa shape index (κ3) is 5.31. The number of nitrogens with zero attached hydrogens (tertiary/aromatic N) is 1. The van der Waals surface area contributed by atoms with Crippen LogP contribution in [0.15, 0.2) is 12.2 Å². The van der Waals surface area contributed by atoms with Crippen molar-refractivity contribution in [2.45, 2.75) is 149 Å². The number of carboxylic acids is 1. The van der Waals surface area contributed by atoms with Gasteiger partial charge in [-0.1, -0.05) is 46.8 Å². The summed E-state index contributed by atoms with van der Waals surface area (Å²) in [4.78, 5) is 31.9. The zero-order valence-corrected chi connectivity index (χ0v) is 31.1. The van der Waals surface area contributed by atoms with E-state index < -0.39 is 48.0 Å². The van der Waals surface area contributed by atoms with Crippen molar-refractivity contribution in [3.05, 3.63) is 12.2 Å². The van der Waals surface area contributed by atoms with Gasteiger partial charge in [0.15, 0.2) is 6.23 Å². The smallest absolute Gasteiger partial charge is 0.323 e. The number of hydrogen-bond acceptors (Lipinski definition) is 9. The van der Waals surface area contributed by atoms with Crippen LogP contribution in [-0.2, 0) is 23.9 Å². The van der Waals surface area contributed by atoms with Crippen molar-refractivity contribution in [2.75, 3.05) is 13.7 Å². The van der Waals surface area contributed by atoms with Gasteiger partial charge in [-0.05, 0) is 124 Å². The normalized spacial score (nSPS) is 50.4. The maximum atomic E-state index is 13.5. The summed E-state index contributed by atoms with van der Waals surface area (Å²) in [6.45, 7) is 19.8. The van der Waals surface area contributed by atoms with Gasteiger partial charge in [-0.15, -0.1) is 5.06 Å². The average Bonchev–Trinajstić information content (AvgIpc) is 3.44. The number of hydrogen-bond donors (Lipinski definition) is 4. The molecule has 1 saturated heterocycles. The van der Waals surface area contributed by atoms with Crippen LogP contribution >= 0.6 is 0 Å². The second-order valence-electron chi connectivity index (χ2n) is 18.4. The number of fused-ring (bicyclic) bond motifs is 7. The molecular formula is C39H63NO9. The lowest BCUT2D eigenvalue weighted by Crippen LogP contribution is -2.67. The molecule has 278 valence electrons. The largest absolute Gasteiger partial charge is 0.481 e. The van der Waals surface area contributed by atoms with Crippen molar-refractivity contribution in [1.82, 2.24) is 5.06 Å². The van der Waals surface area contributed by atoms with E-state index in [2.05, 4.69) is 48.1 Å². The summed E-state index contributed by atoms with van der Waals surface area (Å²) < 4.78 is 12.0. The Hall–Kier alpha value is -1.56. The van der Waals surface area contributed by atoms with E-state index in [4.69, 9.17) is 14.3 Å². The van der Waals surface area contributed by atoms with Crippen molar-refractivity contribution >= 4 is 11.9 Å². The van der Waals surface area contributed by atoms with E-state index >= 15 is 0 Å². The van der Waals surface area contributed by atoms with Crippen molar-refractivity contribution in [3.63, 3.8) is 0 Å². The second-order valence-corrected chi connectivity index (χ2v) is 18.4. The van der Waals surface area contributed by atoms with Gasteiger partial charge in [-0.2, -0.15) is 0 Å². The molecule has 5 saturated carbocycles. The van der Waals surface area contributed by atoms with Crippen molar-refractivity contribution in [3.8, 4) is 0 Å². The number of allylic oxidation sites excluding steroid dienone is 1. The number of esters is 1. The zero-order valence-electron chi connectivity index (χ0n) is 31.1. The highest BCUT2D eigenvalue weighted by Crippen LogP contribution is 2.77. The highest BCUT2D eigenvalue weighted by Gasteiger charge is 2.72. The summed E-state index contributed by atoms with van der Waals surface area (Å²) >= 11 is 0. The molecule has 0 bridgehead atoms. The van der Waals surface area contributed by atoms with Gasteiger partial charge in [0.1, 0.15) is 31.0 Å². The number of aliphatic hydroxyl groups excluding tert-OH is 3. The van der Waals surface area contributed by atoms with Gasteiger partial charge in [-0.3, -0.25) is 14.4 Å². The Morgan fingerprint density at radius 3 is 2.18 bits per heavy atom. The molecule has 49 heavy (non-hydrogen) atoms. The molecule has 0 radical (unpaired) electrons. The van der Waals surface area contributed by atoms with Crippen molar-refractivity contribution in [2.24, 2.45) is 56.7 Å². The molecule has 5 aliphatic carbocycles. The lowest BCUT2D eigenvalue weighted by molar-refractivity contribution is -0.321. The number of rotatable bonds is 7. The summed E-state index contributed by atoms with van der Waals surface area (Å²) in [6, 6.07) is 0. The van der Waals surface area contributed by atoms with Crippen LogP contribution < -0.4 is 0 Å². The van der Waals surface area contributed by atoms with Crippen LogP contribution in [0.2, 0.25) is 0 Å². The monoisotopic (exact) mass is 689 g/mol. The summed E-state index contributed by atoms with van der Waals surface area (Å²) in [5, 5.41) is 42.9. The first-order valence-electron chi connectivity index (χ1n) is 18.9.